The van der Waals surface area contributed by atoms with E-state index in [0.717, 1.165) is 42.6 Å². The van der Waals surface area contributed by atoms with Gasteiger partial charge in [0.1, 0.15) is 11.5 Å². The second-order valence-corrected chi connectivity index (χ2v) is 5.27. The van der Waals surface area contributed by atoms with E-state index in [-0.39, 0.29) is 0 Å². The van der Waals surface area contributed by atoms with E-state index < -0.39 is 0 Å². The van der Waals surface area contributed by atoms with Crippen molar-refractivity contribution in [2.45, 2.75) is 25.9 Å². The lowest BCUT2D eigenvalue weighted by Crippen LogP contribution is -2.30. The van der Waals surface area contributed by atoms with Gasteiger partial charge in [-0.25, -0.2) is 0 Å². The van der Waals surface area contributed by atoms with Crippen LogP contribution in [-0.4, -0.2) is 33.9 Å². The summed E-state index contributed by atoms with van der Waals surface area (Å²) < 4.78 is 16.3. The molecular weight excluding hydrogens is 254 g/mol. The van der Waals surface area contributed by atoms with Crippen molar-refractivity contribution in [2.24, 2.45) is 5.92 Å². The fraction of sp³-hybridized carbons (Fsp3) is 0.625. The molecule has 0 aromatic heterocycles. The van der Waals surface area contributed by atoms with Gasteiger partial charge in [-0.1, -0.05) is 0 Å². The van der Waals surface area contributed by atoms with Crippen molar-refractivity contribution in [2.75, 3.05) is 33.9 Å². The minimum Gasteiger partial charge on any atom is -0.497 e. The molecule has 1 atom stereocenters. The standard InChI is InChI=1S/C16H25NO3/c1-18-15-8-14(9-16(10-15)19-2)12-20-7-5-13-4-3-6-17-11-13/h8-10,13,17H,3-7,11-12H2,1-2H3. The van der Waals surface area contributed by atoms with Crippen molar-refractivity contribution in [3.8, 4) is 11.5 Å². The van der Waals surface area contributed by atoms with Gasteiger partial charge < -0.3 is 19.5 Å². The first-order valence-electron chi connectivity index (χ1n) is 7.32. The van der Waals surface area contributed by atoms with Gasteiger partial charge >= 0.3 is 0 Å². The molecule has 0 spiro atoms. The molecule has 1 heterocycles. The Balaban J connectivity index is 1.75. The highest BCUT2D eigenvalue weighted by molar-refractivity contribution is 5.38. The average molecular weight is 279 g/mol. The van der Waals surface area contributed by atoms with Crippen LogP contribution in [0.2, 0.25) is 0 Å². The normalized spacial score (nSPS) is 18.8. The molecule has 1 saturated heterocycles. The molecule has 0 aliphatic carbocycles. The Hall–Kier alpha value is -1.26. The zero-order valence-corrected chi connectivity index (χ0v) is 12.5. The summed E-state index contributed by atoms with van der Waals surface area (Å²) in [6.45, 7) is 3.72. The smallest absolute Gasteiger partial charge is 0.122 e. The van der Waals surface area contributed by atoms with Crippen molar-refractivity contribution in [3.63, 3.8) is 0 Å². The molecule has 1 aromatic carbocycles. The summed E-state index contributed by atoms with van der Waals surface area (Å²) in [5.41, 5.74) is 1.09. The molecule has 1 fully saturated rings. The summed E-state index contributed by atoms with van der Waals surface area (Å²) in [6, 6.07) is 5.85. The maximum absolute atomic E-state index is 5.78. The zero-order chi connectivity index (χ0) is 14.2. The molecule has 112 valence electrons. The topological polar surface area (TPSA) is 39.7 Å². The lowest BCUT2D eigenvalue weighted by Gasteiger charge is -2.22. The minimum atomic E-state index is 0.605. The third kappa shape index (κ3) is 4.69. The van der Waals surface area contributed by atoms with Gasteiger partial charge in [-0.15, -0.1) is 0 Å². The molecule has 2 rings (SSSR count). The van der Waals surface area contributed by atoms with E-state index in [0.29, 0.717) is 6.61 Å². The van der Waals surface area contributed by atoms with Crippen LogP contribution in [0, 0.1) is 5.92 Å². The van der Waals surface area contributed by atoms with Crippen molar-refractivity contribution in [1.29, 1.82) is 0 Å². The molecule has 0 radical (unpaired) electrons. The van der Waals surface area contributed by atoms with Crippen LogP contribution in [0.15, 0.2) is 18.2 Å². The number of methoxy groups -OCH3 is 2. The number of nitrogens with one attached hydrogen (secondary N) is 1. The van der Waals surface area contributed by atoms with Gasteiger partial charge in [-0.3, -0.25) is 0 Å². The van der Waals surface area contributed by atoms with Crippen LogP contribution in [0.1, 0.15) is 24.8 Å². The van der Waals surface area contributed by atoms with E-state index >= 15 is 0 Å². The first-order valence-corrected chi connectivity index (χ1v) is 7.32. The Labute approximate surface area is 121 Å². The van der Waals surface area contributed by atoms with Crippen LogP contribution in [0.25, 0.3) is 0 Å². The molecule has 1 N–H and O–H groups in total. The van der Waals surface area contributed by atoms with Gasteiger partial charge in [0.2, 0.25) is 0 Å². The molecule has 1 aliphatic heterocycles. The molecule has 1 aromatic rings. The summed E-state index contributed by atoms with van der Waals surface area (Å²) in [5.74, 6) is 2.38. The maximum Gasteiger partial charge on any atom is 0.122 e. The van der Waals surface area contributed by atoms with E-state index in [4.69, 9.17) is 14.2 Å². The van der Waals surface area contributed by atoms with Gasteiger partial charge in [-0.05, 0) is 56.0 Å². The third-order valence-corrected chi connectivity index (χ3v) is 3.75. The lowest BCUT2D eigenvalue weighted by molar-refractivity contribution is 0.103. The fourth-order valence-corrected chi connectivity index (χ4v) is 2.56. The summed E-state index contributed by atoms with van der Waals surface area (Å²) in [4.78, 5) is 0. The Kier molecular flexibility index (Phi) is 6.15. The number of benzene rings is 1. The van der Waals surface area contributed by atoms with E-state index in [1.165, 1.54) is 19.4 Å². The van der Waals surface area contributed by atoms with E-state index in [9.17, 15) is 0 Å². The molecule has 0 saturated carbocycles. The second kappa shape index (κ2) is 8.12. The quantitative estimate of drug-likeness (QED) is 0.779. The van der Waals surface area contributed by atoms with Crippen LogP contribution in [0.5, 0.6) is 11.5 Å². The third-order valence-electron chi connectivity index (χ3n) is 3.75. The van der Waals surface area contributed by atoms with Crippen LogP contribution < -0.4 is 14.8 Å². The van der Waals surface area contributed by atoms with Gasteiger partial charge in [0, 0.05) is 12.7 Å². The zero-order valence-electron chi connectivity index (χ0n) is 12.5. The lowest BCUT2D eigenvalue weighted by atomic mass is 9.97. The van der Waals surface area contributed by atoms with Crippen molar-refractivity contribution in [1.82, 2.24) is 5.32 Å². The van der Waals surface area contributed by atoms with Crippen molar-refractivity contribution < 1.29 is 14.2 Å². The maximum atomic E-state index is 5.78. The summed E-state index contributed by atoms with van der Waals surface area (Å²) >= 11 is 0. The van der Waals surface area contributed by atoms with Crippen LogP contribution >= 0.6 is 0 Å². The van der Waals surface area contributed by atoms with E-state index in [1.807, 2.05) is 18.2 Å². The van der Waals surface area contributed by atoms with Crippen molar-refractivity contribution in [3.05, 3.63) is 23.8 Å². The van der Waals surface area contributed by atoms with E-state index in [1.54, 1.807) is 14.2 Å². The van der Waals surface area contributed by atoms with Crippen LogP contribution in [-0.2, 0) is 11.3 Å². The Bertz CT molecular complexity index is 380. The van der Waals surface area contributed by atoms with Crippen LogP contribution in [0.4, 0.5) is 0 Å². The molecular formula is C16H25NO3. The summed E-state index contributed by atoms with van der Waals surface area (Å²) in [5, 5.41) is 3.43. The molecule has 20 heavy (non-hydrogen) atoms. The Morgan fingerprint density at radius 2 is 1.90 bits per heavy atom. The molecule has 4 nitrogen and oxygen atoms in total. The first kappa shape index (κ1) is 15.1. The monoisotopic (exact) mass is 279 g/mol. The van der Waals surface area contributed by atoms with E-state index in [2.05, 4.69) is 5.32 Å². The highest BCUT2D eigenvalue weighted by atomic mass is 16.5. The average Bonchev–Trinajstić information content (AvgIpc) is 2.52. The Morgan fingerprint density at radius 3 is 2.50 bits per heavy atom. The van der Waals surface area contributed by atoms with Gasteiger partial charge in [0.25, 0.3) is 0 Å². The SMILES string of the molecule is COc1cc(COCCC2CCCNC2)cc(OC)c1. The van der Waals surface area contributed by atoms with Crippen LogP contribution in [0.3, 0.4) is 0 Å². The number of hydrogen-bond donors (Lipinski definition) is 1. The number of rotatable bonds is 7. The minimum absolute atomic E-state index is 0.605. The molecule has 1 unspecified atom stereocenters. The van der Waals surface area contributed by atoms with Gasteiger partial charge in [-0.2, -0.15) is 0 Å². The predicted octanol–water partition coefficient (Wildman–Crippen LogP) is 2.61. The molecule has 4 heteroatoms. The molecule has 0 bridgehead atoms. The number of ether oxygens (including phenoxy) is 3. The molecule has 0 amide bonds. The molecule has 1 aliphatic rings. The highest BCUT2D eigenvalue weighted by Gasteiger charge is 2.12. The fourth-order valence-electron chi connectivity index (χ4n) is 2.56. The largest absolute Gasteiger partial charge is 0.497 e. The summed E-state index contributed by atoms with van der Waals surface area (Å²) in [6.07, 6.45) is 3.75. The number of piperidine rings is 1. The summed E-state index contributed by atoms with van der Waals surface area (Å²) in [7, 11) is 3.32. The first-order chi connectivity index (χ1) is 9.81. The number of hydrogen-bond acceptors (Lipinski definition) is 4. The van der Waals surface area contributed by atoms with Gasteiger partial charge in [0.15, 0.2) is 0 Å². The predicted molar refractivity (Wildman–Crippen MR) is 79.4 cm³/mol. The highest BCUT2D eigenvalue weighted by Crippen LogP contribution is 2.23. The Morgan fingerprint density at radius 1 is 1.15 bits per heavy atom. The second-order valence-electron chi connectivity index (χ2n) is 5.27. The van der Waals surface area contributed by atoms with Crippen molar-refractivity contribution >= 4 is 0 Å². The van der Waals surface area contributed by atoms with Gasteiger partial charge in [0.05, 0.1) is 20.8 Å².